The SMILES string of the molecule is c1ccc2nc(-c3ccc4c(c3)OCCO4)cnc2c1. The Morgan fingerprint density at radius 1 is 0.850 bits per heavy atom. The summed E-state index contributed by atoms with van der Waals surface area (Å²) < 4.78 is 11.1. The van der Waals surface area contributed by atoms with Gasteiger partial charge >= 0.3 is 0 Å². The number of nitrogens with zero attached hydrogens (tertiary/aromatic N) is 2. The number of hydrogen-bond donors (Lipinski definition) is 0. The molecule has 98 valence electrons. The molecule has 2 heterocycles. The minimum Gasteiger partial charge on any atom is -0.486 e. The monoisotopic (exact) mass is 264 g/mol. The fraction of sp³-hybridized carbons (Fsp3) is 0.125. The maximum absolute atomic E-state index is 5.60. The van der Waals surface area contributed by atoms with Crippen molar-refractivity contribution in [3.63, 3.8) is 0 Å². The molecular weight excluding hydrogens is 252 g/mol. The van der Waals surface area contributed by atoms with Crippen molar-refractivity contribution in [2.24, 2.45) is 0 Å². The van der Waals surface area contributed by atoms with Crippen molar-refractivity contribution in [1.29, 1.82) is 0 Å². The molecule has 0 fully saturated rings. The lowest BCUT2D eigenvalue weighted by Crippen LogP contribution is -2.15. The zero-order chi connectivity index (χ0) is 13.4. The summed E-state index contributed by atoms with van der Waals surface area (Å²) in [7, 11) is 0. The van der Waals surface area contributed by atoms with E-state index in [0.29, 0.717) is 13.2 Å². The predicted molar refractivity (Wildman–Crippen MR) is 76.0 cm³/mol. The lowest BCUT2D eigenvalue weighted by molar-refractivity contribution is 0.171. The maximum atomic E-state index is 5.60. The van der Waals surface area contributed by atoms with E-state index < -0.39 is 0 Å². The summed E-state index contributed by atoms with van der Waals surface area (Å²) in [5, 5.41) is 0. The second-order valence-electron chi connectivity index (χ2n) is 4.60. The first kappa shape index (κ1) is 11.2. The number of para-hydroxylation sites is 2. The predicted octanol–water partition coefficient (Wildman–Crippen LogP) is 3.07. The van der Waals surface area contributed by atoms with Crippen LogP contribution in [0.1, 0.15) is 0 Å². The standard InChI is InChI=1S/C16H12N2O2/c1-2-4-13-12(3-1)17-10-14(18-13)11-5-6-15-16(9-11)20-8-7-19-15/h1-6,9-10H,7-8H2. The van der Waals surface area contributed by atoms with E-state index in [9.17, 15) is 0 Å². The minimum absolute atomic E-state index is 0.583. The van der Waals surface area contributed by atoms with Crippen LogP contribution in [-0.2, 0) is 0 Å². The molecule has 0 saturated heterocycles. The lowest BCUT2D eigenvalue weighted by atomic mass is 10.1. The van der Waals surface area contributed by atoms with Gasteiger partial charge in [0, 0.05) is 5.56 Å². The van der Waals surface area contributed by atoms with Crippen molar-refractivity contribution in [1.82, 2.24) is 9.97 Å². The van der Waals surface area contributed by atoms with Crippen LogP contribution in [0.4, 0.5) is 0 Å². The molecule has 0 unspecified atom stereocenters. The second kappa shape index (κ2) is 4.49. The van der Waals surface area contributed by atoms with Gasteiger partial charge in [-0.3, -0.25) is 4.98 Å². The third-order valence-corrected chi connectivity index (χ3v) is 3.29. The van der Waals surface area contributed by atoms with Gasteiger partial charge in [-0.2, -0.15) is 0 Å². The van der Waals surface area contributed by atoms with E-state index in [1.807, 2.05) is 42.5 Å². The number of aromatic nitrogens is 2. The molecule has 3 aromatic rings. The Morgan fingerprint density at radius 3 is 2.55 bits per heavy atom. The molecule has 0 radical (unpaired) electrons. The summed E-state index contributed by atoms with van der Waals surface area (Å²) >= 11 is 0. The summed E-state index contributed by atoms with van der Waals surface area (Å²) in [4.78, 5) is 9.07. The Balaban J connectivity index is 1.82. The van der Waals surface area contributed by atoms with Crippen LogP contribution in [0.5, 0.6) is 11.5 Å². The van der Waals surface area contributed by atoms with Crippen LogP contribution >= 0.6 is 0 Å². The van der Waals surface area contributed by atoms with Crippen LogP contribution in [0.15, 0.2) is 48.7 Å². The number of hydrogen-bond acceptors (Lipinski definition) is 4. The van der Waals surface area contributed by atoms with Gasteiger partial charge in [0.15, 0.2) is 11.5 Å². The Hall–Kier alpha value is -2.62. The van der Waals surface area contributed by atoms with Crippen molar-refractivity contribution in [3.05, 3.63) is 48.7 Å². The van der Waals surface area contributed by atoms with Gasteiger partial charge < -0.3 is 9.47 Å². The van der Waals surface area contributed by atoms with E-state index in [1.54, 1.807) is 6.20 Å². The van der Waals surface area contributed by atoms with E-state index in [2.05, 4.69) is 9.97 Å². The average molecular weight is 264 g/mol. The highest BCUT2D eigenvalue weighted by molar-refractivity contribution is 5.77. The lowest BCUT2D eigenvalue weighted by Gasteiger charge is -2.18. The smallest absolute Gasteiger partial charge is 0.162 e. The van der Waals surface area contributed by atoms with Gasteiger partial charge in [-0.05, 0) is 30.3 Å². The van der Waals surface area contributed by atoms with Crippen molar-refractivity contribution >= 4 is 11.0 Å². The van der Waals surface area contributed by atoms with Gasteiger partial charge in [0.2, 0.25) is 0 Å². The van der Waals surface area contributed by atoms with E-state index >= 15 is 0 Å². The van der Waals surface area contributed by atoms with Crippen LogP contribution in [0.3, 0.4) is 0 Å². The van der Waals surface area contributed by atoms with Gasteiger partial charge in [0.25, 0.3) is 0 Å². The number of rotatable bonds is 1. The van der Waals surface area contributed by atoms with Crippen LogP contribution in [0.25, 0.3) is 22.3 Å². The Morgan fingerprint density at radius 2 is 1.65 bits per heavy atom. The fourth-order valence-corrected chi connectivity index (χ4v) is 2.30. The molecule has 0 saturated carbocycles. The summed E-state index contributed by atoms with van der Waals surface area (Å²) in [5.74, 6) is 1.55. The quantitative estimate of drug-likeness (QED) is 0.677. The largest absolute Gasteiger partial charge is 0.486 e. The molecule has 0 spiro atoms. The number of benzene rings is 2. The molecule has 4 rings (SSSR count). The second-order valence-corrected chi connectivity index (χ2v) is 4.60. The van der Waals surface area contributed by atoms with E-state index in [1.165, 1.54) is 0 Å². The molecule has 4 nitrogen and oxygen atoms in total. The molecule has 0 atom stereocenters. The van der Waals surface area contributed by atoms with E-state index in [-0.39, 0.29) is 0 Å². The molecule has 1 aromatic heterocycles. The Kier molecular flexibility index (Phi) is 2.52. The molecule has 1 aliphatic rings. The zero-order valence-corrected chi connectivity index (χ0v) is 10.7. The van der Waals surface area contributed by atoms with Crippen molar-refractivity contribution in [2.75, 3.05) is 13.2 Å². The fourth-order valence-electron chi connectivity index (χ4n) is 2.30. The van der Waals surface area contributed by atoms with Crippen LogP contribution < -0.4 is 9.47 Å². The average Bonchev–Trinajstić information content (AvgIpc) is 2.54. The molecule has 0 N–H and O–H groups in total. The summed E-state index contributed by atoms with van der Waals surface area (Å²) in [6.45, 7) is 1.18. The number of ether oxygens (including phenoxy) is 2. The third kappa shape index (κ3) is 1.86. The highest BCUT2D eigenvalue weighted by Crippen LogP contribution is 2.34. The Bertz CT molecular complexity index is 786. The van der Waals surface area contributed by atoms with Crippen LogP contribution in [-0.4, -0.2) is 23.2 Å². The zero-order valence-electron chi connectivity index (χ0n) is 10.7. The summed E-state index contributed by atoms with van der Waals surface area (Å²) in [6, 6.07) is 13.7. The first-order valence-electron chi connectivity index (χ1n) is 6.52. The molecule has 0 bridgehead atoms. The van der Waals surface area contributed by atoms with Crippen molar-refractivity contribution in [3.8, 4) is 22.8 Å². The van der Waals surface area contributed by atoms with Crippen LogP contribution in [0.2, 0.25) is 0 Å². The topological polar surface area (TPSA) is 44.2 Å². The van der Waals surface area contributed by atoms with Gasteiger partial charge in [-0.15, -0.1) is 0 Å². The summed E-state index contributed by atoms with van der Waals surface area (Å²) in [6.07, 6.45) is 1.79. The highest BCUT2D eigenvalue weighted by atomic mass is 16.6. The molecular formula is C16H12N2O2. The maximum Gasteiger partial charge on any atom is 0.162 e. The minimum atomic E-state index is 0.583. The van der Waals surface area contributed by atoms with Gasteiger partial charge in [0.05, 0.1) is 22.9 Å². The van der Waals surface area contributed by atoms with Gasteiger partial charge in [-0.25, -0.2) is 4.98 Å². The molecule has 1 aliphatic heterocycles. The molecule has 2 aromatic carbocycles. The van der Waals surface area contributed by atoms with Crippen molar-refractivity contribution in [2.45, 2.75) is 0 Å². The number of fused-ring (bicyclic) bond motifs is 2. The molecule has 20 heavy (non-hydrogen) atoms. The van der Waals surface area contributed by atoms with E-state index in [4.69, 9.17) is 9.47 Å². The Labute approximate surface area is 116 Å². The highest BCUT2D eigenvalue weighted by Gasteiger charge is 2.13. The third-order valence-electron chi connectivity index (χ3n) is 3.29. The van der Waals surface area contributed by atoms with Gasteiger partial charge in [0.1, 0.15) is 13.2 Å². The van der Waals surface area contributed by atoms with Crippen molar-refractivity contribution < 1.29 is 9.47 Å². The molecule has 0 amide bonds. The molecule has 0 aliphatic carbocycles. The van der Waals surface area contributed by atoms with E-state index in [0.717, 1.165) is 33.8 Å². The first-order chi connectivity index (χ1) is 9.90. The summed E-state index contributed by atoms with van der Waals surface area (Å²) in [5.41, 5.74) is 3.60. The molecule has 4 heteroatoms. The first-order valence-corrected chi connectivity index (χ1v) is 6.52. The van der Waals surface area contributed by atoms with Gasteiger partial charge in [-0.1, -0.05) is 12.1 Å². The van der Waals surface area contributed by atoms with Crippen LogP contribution in [0, 0.1) is 0 Å². The normalized spacial score (nSPS) is 13.4.